The number of hydrogen-bond donors (Lipinski definition) is 4. The number of thiocarbonyl (C=S) groups is 1. The second kappa shape index (κ2) is 6.54. The van der Waals surface area contributed by atoms with Crippen molar-refractivity contribution in [2.24, 2.45) is 0 Å². The van der Waals surface area contributed by atoms with E-state index >= 15 is 0 Å². The average molecular weight is 235 g/mol. The zero-order valence-electron chi connectivity index (χ0n) is 9.09. The van der Waals surface area contributed by atoms with Crippen molar-refractivity contribution in [2.45, 2.75) is 19.4 Å². The van der Waals surface area contributed by atoms with E-state index in [1.165, 1.54) is 13.8 Å². The molecule has 0 aromatic carbocycles. The maximum Gasteiger partial charge on any atom is 0.269 e. The predicted molar refractivity (Wildman–Crippen MR) is 60.1 cm³/mol. The van der Waals surface area contributed by atoms with Gasteiger partial charge in [0.2, 0.25) is 0 Å². The standard InChI is InChI=1S/C8H17N3O3S/c1-8(2,13)6(12)10-11-7(15)9-4-5-14-3/h13H,4-5H2,1-3H3,(H,10,12)(H2,9,11,15). The molecule has 0 rings (SSSR count). The monoisotopic (exact) mass is 235 g/mol. The first kappa shape index (κ1) is 14.1. The van der Waals surface area contributed by atoms with Gasteiger partial charge in [0.25, 0.3) is 5.91 Å². The minimum Gasteiger partial charge on any atom is -0.383 e. The molecule has 0 aliphatic rings. The smallest absolute Gasteiger partial charge is 0.269 e. The molecular weight excluding hydrogens is 218 g/mol. The molecular formula is C8H17N3O3S. The van der Waals surface area contributed by atoms with Crippen LogP contribution >= 0.6 is 12.2 Å². The van der Waals surface area contributed by atoms with Crippen molar-refractivity contribution in [3.63, 3.8) is 0 Å². The molecule has 0 aromatic heterocycles. The summed E-state index contributed by atoms with van der Waals surface area (Å²) in [6, 6.07) is 0. The molecule has 0 radical (unpaired) electrons. The molecule has 0 aromatic rings. The summed E-state index contributed by atoms with van der Waals surface area (Å²) < 4.78 is 4.79. The van der Waals surface area contributed by atoms with E-state index in [9.17, 15) is 9.90 Å². The molecule has 15 heavy (non-hydrogen) atoms. The van der Waals surface area contributed by atoms with E-state index in [1.807, 2.05) is 0 Å². The minimum atomic E-state index is -1.44. The maximum absolute atomic E-state index is 11.2. The molecule has 0 aliphatic heterocycles. The predicted octanol–water partition coefficient (Wildman–Crippen LogP) is -1.10. The van der Waals surface area contributed by atoms with E-state index < -0.39 is 11.5 Å². The Kier molecular flexibility index (Phi) is 6.14. The van der Waals surface area contributed by atoms with E-state index in [0.29, 0.717) is 13.2 Å². The Morgan fingerprint density at radius 2 is 2.07 bits per heavy atom. The normalized spacial score (nSPS) is 10.7. The molecule has 0 spiro atoms. The van der Waals surface area contributed by atoms with Crippen LogP contribution in [0, 0.1) is 0 Å². The van der Waals surface area contributed by atoms with Gasteiger partial charge >= 0.3 is 0 Å². The number of methoxy groups -OCH3 is 1. The zero-order valence-corrected chi connectivity index (χ0v) is 9.90. The minimum absolute atomic E-state index is 0.268. The van der Waals surface area contributed by atoms with Crippen molar-refractivity contribution in [1.29, 1.82) is 0 Å². The molecule has 0 unspecified atom stereocenters. The number of hydrazine groups is 1. The van der Waals surface area contributed by atoms with Gasteiger partial charge in [0.1, 0.15) is 5.60 Å². The van der Waals surface area contributed by atoms with Gasteiger partial charge in [-0.05, 0) is 26.1 Å². The van der Waals surface area contributed by atoms with Gasteiger partial charge in [-0.25, -0.2) is 0 Å². The Bertz CT molecular complexity index is 228. The van der Waals surface area contributed by atoms with Crippen molar-refractivity contribution in [1.82, 2.24) is 16.2 Å². The number of amides is 1. The van der Waals surface area contributed by atoms with Gasteiger partial charge in [-0.2, -0.15) is 0 Å². The third-order valence-corrected chi connectivity index (χ3v) is 1.68. The van der Waals surface area contributed by atoms with Crippen molar-refractivity contribution < 1.29 is 14.6 Å². The van der Waals surface area contributed by atoms with Crippen LogP contribution in [0.15, 0.2) is 0 Å². The molecule has 0 aliphatic carbocycles. The molecule has 7 heteroatoms. The Labute approximate surface area is 94.3 Å². The SMILES string of the molecule is COCCNC(=S)NNC(=O)C(C)(C)O. The quantitative estimate of drug-likeness (QED) is 0.281. The van der Waals surface area contributed by atoms with Crippen molar-refractivity contribution in [3.05, 3.63) is 0 Å². The molecule has 88 valence electrons. The Hall–Kier alpha value is -0.920. The Balaban J connectivity index is 3.67. The van der Waals surface area contributed by atoms with Gasteiger partial charge in [-0.15, -0.1) is 0 Å². The molecule has 0 saturated carbocycles. The largest absolute Gasteiger partial charge is 0.383 e. The summed E-state index contributed by atoms with van der Waals surface area (Å²) in [5.74, 6) is -0.557. The van der Waals surface area contributed by atoms with Crippen molar-refractivity contribution in [3.8, 4) is 0 Å². The third kappa shape index (κ3) is 7.06. The molecule has 0 atom stereocenters. The van der Waals surface area contributed by atoms with Crippen LogP contribution in [0.25, 0.3) is 0 Å². The van der Waals surface area contributed by atoms with Crippen LogP contribution in [0.5, 0.6) is 0 Å². The summed E-state index contributed by atoms with van der Waals surface area (Å²) in [7, 11) is 1.58. The molecule has 0 bridgehead atoms. The van der Waals surface area contributed by atoms with E-state index in [4.69, 9.17) is 17.0 Å². The second-order valence-electron chi connectivity index (χ2n) is 3.39. The maximum atomic E-state index is 11.2. The number of rotatable bonds is 4. The van der Waals surface area contributed by atoms with Crippen LogP contribution in [-0.4, -0.2) is 42.0 Å². The first-order chi connectivity index (χ1) is 6.88. The summed E-state index contributed by atoms with van der Waals surface area (Å²) in [4.78, 5) is 11.2. The molecule has 6 nitrogen and oxygen atoms in total. The number of ether oxygens (including phenoxy) is 1. The van der Waals surface area contributed by atoms with Crippen LogP contribution in [0.1, 0.15) is 13.8 Å². The fourth-order valence-electron chi connectivity index (χ4n) is 0.577. The number of carbonyl (C=O) groups is 1. The second-order valence-corrected chi connectivity index (χ2v) is 3.80. The van der Waals surface area contributed by atoms with Gasteiger partial charge in [0.15, 0.2) is 5.11 Å². The van der Waals surface area contributed by atoms with Gasteiger partial charge in [-0.3, -0.25) is 15.6 Å². The number of hydrogen-bond acceptors (Lipinski definition) is 4. The molecule has 0 saturated heterocycles. The summed E-state index contributed by atoms with van der Waals surface area (Å²) in [6.45, 7) is 3.82. The lowest BCUT2D eigenvalue weighted by atomic mass is 10.1. The highest BCUT2D eigenvalue weighted by Crippen LogP contribution is 1.98. The van der Waals surface area contributed by atoms with Crippen LogP contribution in [0.2, 0.25) is 0 Å². The highest BCUT2D eigenvalue weighted by molar-refractivity contribution is 7.80. The van der Waals surface area contributed by atoms with E-state index in [0.717, 1.165) is 0 Å². The van der Waals surface area contributed by atoms with Gasteiger partial charge in [0.05, 0.1) is 6.61 Å². The van der Waals surface area contributed by atoms with E-state index in [1.54, 1.807) is 7.11 Å². The third-order valence-electron chi connectivity index (χ3n) is 1.44. The van der Waals surface area contributed by atoms with Gasteiger partial charge < -0.3 is 15.2 Å². The van der Waals surface area contributed by atoms with Gasteiger partial charge in [-0.1, -0.05) is 0 Å². The molecule has 1 amide bonds. The number of carbonyl (C=O) groups excluding carboxylic acids is 1. The number of aliphatic hydroxyl groups is 1. The summed E-state index contributed by atoms with van der Waals surface area (Å²) in [5, 5.41) is 12.3. The summed E-state index contributed by atoms with van der Waals surface area (Å²) in [6.07, 6.45) is 0. The van der Waals surface area contributed by atoms with Crippen LogP contribution in [-0.2, 0) is 9.53 Å². The number of nitrogens with one attached hydrogen (secondary N) is 3. The molecule has 4 N–H and O–H groups in total. The van der Waals surface area contributed by atoms with Crippen LogP contribution in [0.4, 0.5) is 0 Å². The average Bonchev–Trinajstić information content (AvgIpc) is 2.13. The van der Waals surface area contributed by atoms with Crippen LogP contribution < -0.4 is 16.2 Å². The lowest BCUT2D eigenvalue weighted by molar-refractivity contribution is -0.137. The highest BCUT2D eigenvalue weighted by Gasteiger charge is 2.23. The lowest BCUT2D eigenvalue weighted by Gasteiger charge is -2.18. The van der Waals surface area contributed by atoms with Crippen molar-refractivity contribution in [2.75, 3.05) is 20.3 Å². The fraction of sp³-hybridized carbons (Fsp3) is 0.750. The topological polar surface area (TPSA) is 82.6 Å². The van der Waals surface area contributed by atoms with Gasteiger partial charge in [0, 0.05) is 13.7 Å². The van der Waals surface area contributed by atoms with E-state index in [-0.39, 0.29) is 5.11 Å². The highest BCUT2D eigenvalue weighted by atomic mass is 32.1. The summed E-state index contributed by atoms with van der Waals surface area (Å²) in [5.41, 5.74) is 3.28. The van der Waals surface area contributed by atoms with Crippen LogP contribution in [0.3, 0.4) is 0 Å². The first-order valence-electron chi connectivity index (χ1n) is 4.43. The first-order valence-corrected chi connectivity index (χ1v) is 4.84. The lowest BCUT2D eigenvalue weighted by Crippen LogP contribution is -2.53. The summed E-state index contributed by atoms with van der Waals surface area (Å²) >= 11 is 4.83. The Morgan fingerprint density at radius 1 is 1.47 bits per heavy atom. The Morgan fingerprint density at radius 3 is 2.53 bits per heavy atom. The molecule has 0 fully saturated rings. The zero-order chi connectivity index (χ0) is 11.9. The van der Waals surface area contributed by atoms with Crippen molar-refractivity contribution >= 4 is 23.2 Å². The van der Waals surface area contributed by atoms with E-state index in [2.05, 4.69) is 16.2 Å². The fourth-order valence-corrected chi connectivity index (χ4v) is 0.730. The molecule has 0 heterocycles.